The molecule has 0 aliphatic heterocycles. The summed E-state index contributed by atoms with van der Waals surface area (Å²) in [6.07, 6.45) is 12.8. The summed E-state index contributed by atoms with van der Waals surface area (Å²) in [6.45, 7) is 0. The molecule has 1 saturated carbocycles. The second-order valence-electron chi connectivity index (χ2n) is 4.36. The number of benzene rings is 1. The van der Waals surface area contributed by atoms with Gasteiger partial charge in [0.15, 0.2) is 0 Å². The molecule has 0 N–H and O–H groups in total. The lowest BCUT2D eigenvalue weighted by atomic mass is 9.96. The van der Waals surface area contributed by atoms with Crippen molar-refractivity contribution in [2.75, 3.05) is 0 Å². The van der Waals surface area contributed by atoms with Crippen molar-refractivity contribution in [1.82, 2.24) is 0 Å². The molecule has 0 radical (unpaired) electrons. The average Bonchev–Trinajstić information content (AvgIpc) is 2.37. The van der Waals surface area contributed by atoms with Gasteiger partial charge in [-0.2, -0.15) is 0 Å². The maximum Gasteiger partial charge on any atom is 0.0499 e. The monoisotopic (exact) mass is 213 g/mol. The Labute approximate surface area is 97.9 Å². The lowest BCUT2D eigenvalue weighted by Crippen LogP contribution is -2.09. The van der Waals surface area contributed by atoms with Gasteiger partial charge < -0.3 is 0 Å². The summed E-state index contributed by atoms with van der Waals surface area (Å²) in [5, 5.41) is 0. The van der Waals surface area contributed by atoms with Gasteiger partial charge in [-0.3, -0.25) is 4.99 Å². The van der Waals surface area contributed by atoms with E-state index in [1.165, 1.54) is 37.7 Å². The number of aliphatic imine (C=N–C) groups is 1. The maximum absolute atomic E-state index is 4.59. The first kappa shape index (κ1) is 11.1. The Morgan fingerprint density at radius 2 is 1.75 bits per heavy atom. The molecule has 16 heavy (non-hydrogen) atoms. The van der Waals surface area contributed by atoms with Crippen LogP contribution in [0.3, 0.4) is 0 Å². The van der Waals surface area contributed by atoms with Crippen LogP contribution in [0.15, 0.2) is 41.4 Å². The van der Waals surface area contributed by atoms with Crippen LogP contribution in [-0.4, -0.2) is 12.3 Å². The number of hydrogen-bond acceptors (Lipinski definition) is 1. The molecule has 1 aliphatic carbocycles. The first-order valence-electron chi connectivity index (χ1n) is 6.20. The Bertz CT molecular complexity index is 345. The molecule has 1 heteroatoms. The van der Waals surface area contributed by atoms with Crippen molar-refractivity contribution in [1.29, 1.82) is 0 Å². The lowest BCUT2D eigenvalue weighted by molar-refractivity contribution is 0.444. The van der Waals surface area contributed by atoms with Crippen molar-refractivity contribution in [2.24, 2.45) is 4.99 Å². The van der Waals surface area contributed by atoms with Crippen LogP contribution in [-0.2, 0) is 0 Å². The molecule has 1 fully saturated rings. The summed E-state index contributed by atoms with van der Waals surface area (Å²) in [7, 11) is 0. The van der Waals surface area contributed by atoms with Crippen LogP contribution >= 0.6 is 0 Å². The SMILES string of the molecule is C(=Cc1ccccc1)C=NC1CCCCC1. The highest BCUT2D eigenvalue weighted by molar-refractivity contribution is 5.78. The van der Waals surface area contributed by atoms with Gasteiger partial charge in [-0.25, -0.2) is 0 Å². The van der Waals surface area contributed by atoms with Gasteiger partial charge in [0.2, 0.25) is 0 Å². The highest BCUT2D eigenvalue weighted by Gasteiger charge is 2.09. The first-order valence-corrected chi connectivity index (χ1v) is 6.20. The maximum atomic E-state index is 4.59. The number of hydrogen-bond donors (Lipinski definition) is 0. The number of rotatable bonds is 3. The fourth-order valence-corrected chi connectivity index (χ4v) is 2.12. The minimum Gasteiger partial charge on any atom is -0.290 e. The molecule has 0 unspecified atom stereocenters. The van der Waals surface area contributed by atoms with Crippen LogP contribution in [0.1, 0.15) is 37.7 Å². The molecule has 0 spiro atoms. The fourth-order valence-electron chi connectivity index (χ4n) is 2.12. The van der Waals surface area contributed by atoms with Gasteiger partial charge in [0, 0.05) is 12.3 Å². The third-order valence-electron chi connectivity index (χ3n) is 3.05. The largest absolute Gasteiger partial charge is 0.290 e. The van der Waals surface area contributed by atoms with Crippen molar-refractivity contribution in [3.05, 3.63) is 42.0 Å². The third-order valence-corrected chi connectivity index (χ3v) is 3.05. The van der Waals surface area contributed by atoms with E-state index in [0.717, 1.165) is 0 Å². The van der Waals surface area contributed by atoms with E-state index in [1.54, 1.807) is 0 Å². The predicted octanol–water partition coefficient (Wildman–Crippen LogP) is 4.10. The van der Waals surface area contributed by atoms with E-state index in [-0.39, 0.29) is 0 Å². The van der Waals surface area contributed by atoms with E-state index < -0.39 is 0 Å². The molecule has 1 aromatic carbocycles. The van der Waals surface area contributed by atoms with Crippen LogP contribution in [0.25, 0.3) is 6.08 Å². The van der Waals surface area contributed by atoms with E-state index in [1.807, 2.05) is 18.4 Å². The zero-order chi connectivity index (χ0) is 11.1. The Balaban J connectivity index is 1.82. The molecule has 84 valence electrons. The minimum atomic E-state index is 0.578. The van der Waals surface area contributed by atoms with Gasteiger partial charge in [0.05, 0.1) is 0 Å². The summed E-state index contributed by atoms with van der Waals surface area (Å²) in [6, 6.07) is 10.9. The normalized spacial score (nSPS) is 18.5. The number of allylic oxidation sites excluding steroid dienone is 1. The van der Waals surface area contributed by atoms with Crippen molar-refractivity contribution in [3.8, 4) is 0 Å². The topological polar surface area (TPSA) is 12.4 Å². The van der Waals surface area contributed by atoms with E-state index in [4.69, 9.17) is 0 Å². The molecular weight excluding hydrogens is 194 g/mol. The minimum absolute atomic E-state index is 0.578. The zero-order valence-electron chi connectivity index (χ0n) is 9.68. The van der Waals surface area contributed by atoms with Gasteiger partial charge in [0.1, 0.15) is 0 Å². The molecule has 0 atom stereocenters. The van der Waals surface area contributed by atoms with E-state index >= 15 is 0 Å². The molecular formula is C15H19N. The summed E-state index contributed by atoms with van der Waals surface area (Å²) in [5.41, 5.74) is 1.23. The van der Waals surface area contributed by atoms with Crippen LogP contribution < -0.4 is 0 Å². The molecule has 0 saturated heterocycles. The smallest absolute Gasteiger partial charge is 0.0499 e. The van der Waals surface area contributed by atoms with Gasteiger partial charge in [-0.1, -0.05) is 55.7 Å². The highest BCUT2D eigenvalue weighted by atomic mass is 14.8. The Morgan fingerprint density at radius 3 is 2.50 bits per heavy atom. The molecule has 0 bridgehead atoms. The van der Waals surface area contributed by atoms with Gasteiger partial charge >= 0.3 is 0 Å². The quantitative estimate of drug-likeness (QED) is 0.670. The van der Waals surface area contributed by atoms with Crippen LogP contribution in [0.5, 0.6) is 0 Å². The van der Waals surface area contributed by atoms with Crippen LogP contribution in [0.4, 0.5) is 0 Å². The summed E-state index contributed by atoms with van der Waals surface area (Å²) < 4.78 is 0. The van der Waals surface area contributed by atoms with Crippen molar-refractivity contribution >= 4 is 12.3 Å². The molecule has 1 aromatic rings. The summed E-state index contributed by atoms with van der Waals surface area (Å²) in [5.74, 6) is 0. The Hall–Kier alpha value is -1.37. The molecule has 0 amide bonds. The second kappa shape index (κ2) is 6.26. The summed E-state index contributed by atoms with van der Waals surface area (Å²) >= 11 is 0. The first-order chi connectivity index (χ1) is 7.95. The predicted molar refractivity (Wildman–Crippen MR) is 70.8 cm³/mol. The lowest BCUT2D eigenvalue weighted by Gasteiger charge is -2.16. The molecule has 2 rings (SSSR count). The highest BCUT2D eigenvalue weighted by Crippen LogP contribution is 2.19. The van der Waals surface area contributed by atoms with Gasteiger partial charge in [0.25, 0.3) is 0 Å². The average molecular weight is 213 g/mol. The van der Waals surface area contributed by atoms with E-state index in [0.29, 0.717) is 6.04 Å². The van der Waals surface area contributed by atoms with E-state index in [9.17, 15) is 0 Å². The van der Waals surface area contributed by atoms with E-state index in [2.05, 4.69) is 35.3 Å². The van der Waals surface area contributed by atoms with Gasteiger partial charge in [-0.15, -0.1) is 0 Å². The van der Waals surface area contributed by atoms with Crippen LogP contribution in [0, 0.1) is 0 Å². The Morgan fingerprint density at radius 1 is 1.00 bits per heavy atom. The third kappa shape index (κ3) is 3.65. The van der Waals surface area contributed by atoms with Crippen molar-refractivity contribution in [2.45, 2.75) is 38.1 Å². The van der Waals surface area contributed by atoms with Gasteiger partial charge in [-0.05, 0) is 24.5 Å². The van der Waals surface area contributed by atoms with Crippen molar-refractivity contribution in [3.63, 3.8) is 0 Å². The molecule has 1 aliphatic rings. The molecule has 1 nitrogen and oxygen atoms in total. The Kier molecular flexibility index (Phi) is 4.36. The van der Waals surface area contributed by atoms with Crippen LogP contribution in [0.2, 0.25) is 0 Å². The standard InChI is InChI=1S/C15H19N/c1-3-8-14(9-4-1)10-7-13-16-15-11-5-2-6-12-15/h1,3-4,7-10,13,15H,2,5-6,11-12H2. The number of nitrogens with zero attached hydrogens (tertiary/aromatic N) is 1. The molecule has 0 aromatic heterocycles. The molecule has 0 heterocycles. The second-order valence-corrected chi connectivity index (χ2v) is 4.36. The fraction of sp³-hybridized carbons (Fsp3) is 0.400. The zero-order valence-corrected chi connectivity index (χ0v) is 9.68. The van der Waals surface area contributed by atoms with Crippen molar-refractivity contribution < 1.29 is 0 Å². The summed E-state index contributed by atoms with van der Waals surface area (Å²) in [4.78, 5) is 4.59.